The van der Waals surface area contributed by atoms with Gasteiger partial charge in [0.1, 0.15) is 0 Å². The van der Waals surface area contributed by atoms with Gasteiger partial charge in [-0.1, -0.05) is 11.1 Å². The summed E-state index contributed by atoms with van der Waals surface area (Å²) in [7, 11) is 0. The SMILES string of the molecule is O=C1/C=C2\CCCC/C(=C\C(=O)O1)CCC2. The monoisotopic (exact) mass is 220 g/mol. The highest BCUT2D eigenvalue weighted by Crippen LogP contribution is 2.25. The van der Waals surface area contributed by atoms with Crippen molar-refractivity contribution in [3.05, 3.63) is 23.3 Å². The zero-order chi connectivity index (χ0) is 11.4. The first-order valence-corrected chi connectivity index (χ1v) is 5.89. The van der Waals surface area contributed by atoms with Crippen molar-refractivity contribution in [2.75, 3.05) is 0 Å². The van der Waals surface area contributed by atoms with E-state index in [0.29, 0.717) is 0 Å². The minimum absolute atomic E-state index is 0.514. The number of ether oxygens (including phenoxy) is 1. The first-order chi connectivity index (χ1) is 7.74. The Kier molecular flexibility index (Phi) is 3.54. The Morgan fingerprint density at radius 3 is 1.69 bits per heavy atom. The molecule has 0 spiro atoms. The number of carbonyl (C=O) groups is 2. The van der Waals surface area contributed by atoms with E-state index in [2.05, 4.69) is 4.74 Å². The molecular formula is C13H16O3. The van der Waals surface area contributed by atoms with Gasteiger partial charge in [0.15, 0.2) is 0 Å². The van der Waals surface area contributed by atoms with Crippen LogP contribution < -0.4 is 0 Å². The number of esters is 2. The average molecular weight is 220 g/mol. The summed E-state index contributed by atoms with van der Waals surface area (Å²) in [4.78, 5) is 22.7. The molecule has 86 valence electrons. The van der Waals surface area contributed by atoms with E-state index in [-0.39, 0.29) is 0 Å². The van der Waals surface area contributed by atoms with Gasteiger partial charge >= 0.3 is 11.9 Å². The van der Waals surface area contributed by atoms with Gasteiger partial charge in [0.05, 0.1) is 0 Å². The molecule has 0 aromatic heterocycles. The van der Waals surface area contributed by atoms with E-state index in [0.717, 1.165) is 56.1 Å². The minimum atomic E-state index is -0.514. The lowest BCUT2D eigenvalue weighted by atomic mass is 10.0. The third-order valence-corrected chi connectivity index (χ3v) is 3.09. The highest BCUT2D eigenvalue weighted by atomic mass is 16.6. The Bertz CT molecular complexity index is 329. The van der Waals surface area contributed by atoms with Crippen molar-refractivity contribution in [2.24, 2.45) is 0 Å². The van der Waals surface area contributed by atoms with Gasteiger partial charge in [-0.25, -0.2) is 9.59 Å². The highest BCUT2D eigenvalue weighted by Gasteiger charge is 2.14. The summed E-state index contributed by atoms with van der Waals surface area (Å²) < 4.78 is 4.69. The second-order valence-electron chi connectivity index (χ2n) is 4.41. The van der Waals surface area contributed by atoms with Crippen LogP contribution in [0, 0.1) is 0 Å². The highest BCUT2D eigenvalue weighted by molar-refractivity contribution is 5.97. The van der Waals surface area contributed by atoms with Crippen molar-refractivity contribution in [2.45, 2.75) is 44.9 Å². The largest absolute Gasteiger partial charge is 0.387 e. The van der Waals surface area contributed by atoms with E-state index < -0.39 is 11.9 Å². The van der Waals surface area contributed by atoms with Crippen LogP contribution in [0.15, 0.2) is 23.3 Å². The lowest BCUT2D eigenvalue weighted by Gasteiger charge is -2.07. The first kappa shape index (κ1) is 11.1. The smallest absolute Gasteiger partial charge is 0.338 e. The summed E-state index contributed by atoms with van der Waals surface area (Å²) in [6.45, 7) is 0. The van der Waals surface area contributed by atoms with E-state index >= 15 is 0 Å². The Balaban J connectivity index is 2.28. The van der Waals surface area contributed by atoms with Crippen LogP contribution in [0.2, 0.25) is 0 Å². The zero-order valence-corrected chi connectivity index (χ0v) is 9.33. The predicted octanol–water partition coefficient (Wildman–Crippen LogP) is 2.67. The molecular weight excluding hydrogens is 204 g/mol. The van der Waals surface area contributed by atoms with E-state index in [1.54, 1.807) is 0 Å². The molecule has 1 aliphatic heterocycles. The lowest BCUT2D eigenvalue weighted by molar-refractivity contribution is -0.152. The van der Waals surface area contributed by atoms with Crippen molar-refractivity contribution in [3.8, 4) is 0 Å². The molecule has 2 rings (SSSR count). The molecule has 1 saturated carbocycles. The summed E-state index contributed by atoms with van der Waals surface area (Å²) in [5.74, 6) is -1.03. The van der Waals surface area contributed by atoms with E-state index in [9.17, 15) is 9.59 Å². The molecule has 0 atom stereocenters. The Hall–Kier alpha value is -1.38. The maximum Gasteiger partial charge on any atom is 0.338 e. The number of hydrogen-bond donors (Lipinski definition) is 0. The second-order valence-corrected chi connectivity index (χ2v) is 4.41. The Morgan fingerprint density at radius 2 is 1.19 bits per heavy atom. The molecule has 3 heteroatoms. The van der Waals surface area contributed by atoms with Gasteiger partial charge in [0, 0.05) is 12.2 Å². The molecule has 1 aliphatic carbocycles. The van der Waals surface area contributed by atoms with Crippen LogP contribution in [0.1, 0.15) is 44.9 Å². The molecule has 3 nitrogen and oxygen atoms in total. The van der Waals surface area contributed by atoms with Crippen LogP contribution in [-0.4, -0.2) is 11.9 Å². The fourth-order valence-electron chi connectivity index (χ4n) is 2.28. The van der Waals surface area contributed by atoms with Gasteiger partial charge in [-0.15, -0.1) is 0 Å². The molecule has 1 fully saturated rings. The van der Waals surface area contributed by atoms with Crippen molar-refractivity contribution >= 4 is 11.9 Å². The fraction of sp³-hybridized carbons (Fsp3) is 0.538. The third kappa shape index (κ3) is 3.05. The average Bonchev–Trinajstić information content (AvgIpc) is 2.29. The number of allylic oxidation sites excluding steroid dienone is 2. The molecule has 2 aliphatic rings. The quantitative estimate of drug-likeness (QED) is 0.465. The van der Waals surface area contributed by atoms with Crippen LogP contribution in [0.5, 0.6) is 0 Å². The van der Waals surface area contributed by atoms with Crippen LogP contribution in [0.3, 0.4) is 0 Å². The molecule has 0 aromatic carbocycles. The van der Waals surface area contributed by atoms with Crippen molar-refractivity contribution in [1.29, 1.82) is 0 Å². The molecule has 0 aromatic rings. The van der Waals surface area contributed by atoms with Gasteiger partial charge in [-0.2, -0.15) is 0 Å². The van der Waals surface area contributed by atoms with Crippen LogP contribution in [0.4, 0.5) is 0 Å². The second kappa shape index (κ2) is 5.10. The van der Waals surface area contributed by atoms with Crippen LogP contribution in [0.25, 0.3) is 0 Å². The normalized spacial score (nSPS) is 29.2. The number of fused-ring (bicyclic) bond motifs is 4. The summed E-state index contributed by atoms with van der Waals surface area (Å²) in [6.07, 6.45) is 10.0. The van der Waals surface area contributed by atoms with Crippen molar-refractivity contribution in [1.82, 2.24) is 0 Å². The summed E-state index contributed by atoms with van der Waals surface area (Å²) in [5.41, 5.74) is 2.25. The third-order valence-electron chi connectivity index (χ3n) is 3.09. The van der Waals surface area contributed by atoms with Gasteiger partial charge in [0.25, 0.3) is 0 Å². The van der Waals surface area contributed by atoms with Gasteiger partial charge in [-0.05, 0) is 44.9 Å². The molecule has 0 unspecified atom stereocenters. The maximum absolute atomic E-state index is 11.4. The van der Waals surface area contributed by atoms with Crippen LogP contribution in [-0.2, 0) is 14.3 Å². The standard InChI is InChI=1S/C13H16O3/c14-12-8-10-4-1-2-5-11(7-3-6-10)9-13(15)16-12/h8-9H,1-7H2/b10-8+,11-9+. The van der Waals surface area contributed by atoms with E-state index in [4.69, 9.17) is 0 Å². The van der Waals surface area contributed by atoms with Gasteiger partial charge in [0.2, 0.25) is 0 Å². The maximum atomic E-state index is 11.4. The molecule has 0 N–H and O–H groups in total. The van der Waals surface area contributed by atoms with Crippen LogP contribution >= 0.6 is 0 Å². The summed E-state index contributed by atoms with van der Waals surface area (Å²) in [5, 5.41) is 0. The van der Waals surface area contributed by atoms with E-state index in [1.807, 2.05) is 0 Å². The lowest BCUT2D eigenvalue weighted by Crippen LogP contribution is -2.09. The van der Waals surface area contributed by atoms with Gasteiger partial charge < -0.3 is 4.74 Å². The summed E-state index contributed by atoms with van der Waals surface area (Å²) >= 11 is 0. The molecule has 0 amide bonds. The molecule has 0 saturated heterocycles. The van der Waals surface area contributed by atoms with Crippen molar-refractivity contribution in [3.63, 3.8) is 0 Å². The topological polar surface area (TPSA) is 43.4 Å². The number of rotatable bonds is 0. The number of carbonyl (C=O) groups excluding carboxylic acids is 2. The first-order valence-electron chi connectivity index (χ1n) is 5.89. The fourth-order valence-corrected chi connectivity index (χ4v) is 2.28. The number of cyclic esters (lactones) is 2. The molecule has 1 heterocycles. The van der Waals surface area contributed by atoms with Crippen molar-refractivity contribution < 1.29 is 14.3 Å². The summed E-state index contributed by atoms with van der Waals surface area (Å²) in [6, 6.07) is 0. The Labute approximate surface area is 95.2 Å². The molecule has 2 bridgehead atoms. The predicted molar refractivity (Wildman–Crippen MR) is 59.6 cm³/mol. The zero-order valence-electron chi connectivity index (χ0n) is 9.33. The Morgan fingerprint density at radius 1 is 0.750 bits per heavy atom. The minimum Gasteiger partial charge on any atom is -0.387 e. The van der Waals surface area contributed by atoms with E-state index in [1.165, 1.54) is 12.2 Å². The number of hydrogen-bond acceptors (Lipinski definition) is 3. The molecule has 0 radical (unpaired) electrons. The molecule has 16 heavy (non-hydrogen) atoms. The van der Waals surface area contributed by atoms with Gasteiger partial charge in [-0.3, -0.25) is 0 Å².